The average Bonchev–Trinajstić information content (AvgIpc) is 2.80. The van der Waals surface area contributed by atoms with Gasteiger partial charge in [-0.15, -0.1) is 0 Å². The van der Waals surface area contributed by atoms with Crippen molar-refractivity contribution in [2.45, 2.75) is 13.5 Å². The third-order valence-electron chi connectivity index (χ3n) is 2.50. The molecule has 0 aromatic carbocycles. The Labute approximate surface area is 114 Å². The molecule has 0 unspecified atom stereocenters. The second kappa shape index (κ2) is 5.97. The maximum atomic E-state index is 5.01. The highest BCUT2D eigenvalue weighted by atomic mass is 79.9. The minimum absolute atomic E-state index is 0.646. The normalized spacial score (nSPS) is 10.6. The van der Waals surface area contributed by atoms with E-state index in [2.05, 4.69) is 31.3 Å². The fourth-order valence-corrected chi connectivity index (χ4v) is 1.83. The van der Waals surface area contributed by atoms with Gasteiger partial charge in [0, 0.05) is 19.5 Å². The number of ether oxygens (including phenoxy) is 1. The van der Waals surface area contributed by atoms with Crippen molar-refractivity contribution in [2.24, 2.45) is 0 Å². The highest BCUT2D eigenvalue weighted by Gasteiger charge is 2.05. The monoisotopic (exact) mass is 310 g/mol. The molecule has 2 aromatic rings. The van der Waals surface area contributed by atoms with Gasteiger partial charge in [-0.3, -0.25) is 4.68 Å². The van der Waals surface area contributed by atoms with Gasteiger partial charge in [0.2, 0.25) is 0 Å². The minimum Gasteiger partial charge on any atom is -0.383 e. The summed E-state index contributed by atoms with van der Waals surface area (Å²) in [5.74, 6) is 0.793. The van der Waals surface area contributed by atoms with Crippen molar-refractivity contribution in [2.75, 3.05) is 19.0 Å². The number of aryl methyl sites for hydroxylation is 1. The molecule has 1 N–H and O–H groups in total. The molecule has 6 heteroatoms. The van der Waals surface area contributed by atoms with Crippen molar-refractivity contribution in [3.63, 3.8) is 0 Å². The number of anilines is 2. The second-order valence-corrected chi connectivity index (χ2v) is 4.69. The van der Waals surface area contributed by atoms with Crippen LogP contribution in [0, 0.1) is 6.92 Å². The van der Waals surface area contributed by atoms with Gasteiger partial charge in [0.15, 0.2) is 0 Å². The molecule has 0 spiro atoms. The van der Waals surface area contributed by atoms with Gasteiger partial charge in [0.25, 0.3) is 0 Å². The van der Waals surface area contributed by atoms with Gasteiger partial charge in [0.05, 0.1) is 29.5 Å². The van der Waals surface area contributed by atoms with Gasteiger partial charge in [-0.05, 0) is 34.5 Å². The minimum atomic E-state index is 0.646. The molecule has 0 saturated carbocycles. The molecule has 2 aromatic heterocycles. The molecule has 2 heterocycles. The molecule has 96 valence electrons. The molecule has 5 nitrogen and oxygen atoms in total. The number of pyridine rings is 1. The first kappa shape index (κ1) is 13.0. The van der Waals surface area contributed by atoms with E-state index in [9.17, 15) is 0 Å². The third-order valence-corrected chi connectivity index (χ3v) is 3.50. The Morgan fingerprint density at radius 1 is 1.50 bits per heavy atom. The van der Waals surface area contributed by atoms with Crippen LogP contribution in [0.2, 0.25) is 0 Å². The van der Waals surface area contributed by atoms with Gasteiger partial charge in [0.1, 0.15) is 5.82 Å². The fraction of sp³-hybridized carbons (Fsp3) is 0.333. The van der Waals surface area contributed by atoms with E-state index >= 15 is 0 Å². The number of methoxy groups -OCH3 is 1. The Morgan fingerprint density at radius 3 is 3.11 bits per heavy atom. The quantitative estimate of drug-likeness (QED) is 0.922. The molecular formula is C12H15BrN4O. The zero-order valence-electron chi connectivity index (χ0n) is 10.4. The summed E-state index contributed by atoms with van der Waals surface area (Å²) in [4.78, 5) is 4.29. The fourth-order valence-electron chi connectivity index (χ4n) is 1.50. The number of hydrogen-bond acceptors (Lipinski definition) is 4. The van der Waals surface area contributed by atoms with Gasteiger partial charge in [-0.1, -0.05) is 0 Å². The number of rotatable bonds is 5. The van der Waals surface area contributed by atoms with Crippen LogP contribution in [0.25, 0.3) is 0 Å². The summed E-state index contributed by atoms with van der Waals surface area (Å²) in [6, 6.07) is 1.96. The van der Waals surface area contributed by atoms with Gasteiger partial charge < -0.3 is 10.1 Å². The predicted molar refractivity (Wildman–Crippen MR) is 74.1 cm³/mol. The molecule has 2 rings (SSSR count). The summed E-state index contributed by atoms with van der Waals surface area (Å²) in [7, 11) is 1.68. The number of nitrogens with zero attached hydrogens (tertiary/aromatic N) is 3. The number of halogens is 1. The summed E-state index contributed by atoms with van der Waals surface area (Å²) >= 11 is 3.51. The predicted octanol–water partition coefficient (Wildman–Crippen LogP) is 2.74. The van der Waals surface area contributed by atoms with Crippen LogP contribution in [0.15, 0.2) is 29.1 Å². The SMILES string of the molecule is COCCn1cc(Nc2nccc(C)c2Br)cn1. The Hall–Kier alpha value is -1.40. The maximum absolute atomic E-state index is 5.01. The number of nitrogens with one attached hydrogen (secondary N) is 1. The molecule has 0 amide bonds. The summed E-state index contributed by atoms with van der Waals surface area (Å²) in [6.07, 6.45) is 5.47. The van der Waals surface area contributed by atoms with Crippen molar-refractivity contribution in [3.05, 3.63) is 34.7 Å². The maximum Gasteiger partial charge on any atom is 0.145 e. The molecule has 0 fully saturated rings. The molecule has 0 aliphatic carbocycles. The summed E-state index contributed by atoms with van der Waals surface area (Å²) in [5, 5.41) is 7.46. The second-order valence-electron chi connectivity index (χ2n) is 3.90. The summed E-state index contributed by atoms with van der Waals surface area (Å²) in [6.45, 7) is 3.41. The lowest BCUT2D eigenvalue weighted by molar-refractivity contribution is 0.183. The van der Waals surface area contributed by atoms with E-state index in [4.69, 9.17) is 4.74 Å². The molecule has 0 saturated heterocycles. The van der Waals surface area contributed by atoms with Crippen molar-refractivity contribution in [3.8, 4) is 0 Å². The molecule has 0 aliphatic heterocycles. The Kier molecular flexibility index (Phi) is 4.33. The zero-order valence-corrected chi connectivity index (χ0v) is 11.9. The molecule has 0 radical (unpaired) electrons. The average molecular weight is 311 g/mol. The number of hydrogen-bond donors (Lipinski definition) is 1. The van der Waals surface area contributed by atoms with E-state index in [1.807, 2.05) is 23.9 Å². The van der Waals surface area contributed by atoms with Crippen molar-refractivity contribution < 1.29 is 4.74 Å². The van der Waals surface area contributed by atoms with E-state index in [1.165, 1.54) is 0 Å². The Bertz CT molecular complexity index is 527. The molecule has 18 heavy (non-hydrogen) atoms. The Morgan fingerprint density at radius 2 is 2.33 bits per heavy atom. The smallest absolute Gasteiger partial charge is 0.145 e. The molecular weight excluding hydrogens is 296 g/mol. The van der Waals surface area contributed by atoms with E-state index in [0.717, 1.165) is 28.1 Å². The van der Waals surface area contributed by atoms with Crippen LogP contribution in [-0.4, -0.2) is 28.5 Å². The van der Waals surface area contributed by atoms with Crippen LogP contribution in [0.1, 0.15) is 5.56 Å². The molecule has 0 aliphatic rings. The lowest BCUT2D eigenvalue weighted by Crippen LogP contribution is -2.04. The summed E-state index contributed by atoms with van der Waals surface area (Å²) < 4.78 is 7.80. The first-order chi connectivity index (χ1) is 8.70. The Balaban J connectivity index is 2.09. The van der Waals surface area contributed by atoms with Crippen molar-refractivity contribution >= 4 is 27.4 Å². The number of aromatic nitrogens is 3. The van der Waals surface area contributed by atoms with Crippen molar-refractivity contribution in [1.29, 1.82) is 0 Å². The lowest BCUT2D eigenvalue weighted by atomic mass is 10.3. The lowest BCUT2D eigenvalue weighted by Gasteiger charge is -2.06. The first-order valence-electron chi connectivity index (χ1n) is 5.60. The van der Waals surface area contributed by atoms with Crippen LogP contribution in [0.3, 0.4) is 0 Å². The molecule has 0 bridgehead atoms. The highest BCUT2D eigenvalue weighted by Crippen LogP contribution is 2.25. The van der Waals surface area contributed by atoms with Crippen molar-refractivity contribution in [1.82, 2.24) is 14.8 Å². The van der Waals surface area contributed by atoms with Crippen LogP contribution in [0.4, 0.5) is 11.5 Å². The van der Waals surface area contributed by atoms with E-state index in [-0.39, 0.29) is 0 Å². The first-order valence-corrected chi connectivity index (χ1v) is 6.39. The van der Waals surface area contributed by atoms with E-state index < -0.39 is 0 Å². The third kappa shape index (κ3) is 3.08. The van der Waals surface area contributed by atoms with Crippen LogP contribution in [-0.2, 0) is 11.3 Å². The van der Waals surface area contributed by atoms with Gasteiger partial charge >= 0.3 is 0 Å². The molecule has 0 atom stereocenters. The largest absolute Gasteiger partial charge is 0.383 e. The van der Waals surface area contributed by atoms with Crippen LogP contribution in [0.5, 0.6) is 0 Å². The topological polar surface area (TPSA) is 52.0 Å². The van der Waals surface area contributed by atoms with E-state index in [1.54, 1.807) is 19.5 Å². The van der Waals surface area contributed by atoms with Crippen LogP contribution < -0.4 is 5.32 Å². The van der Waals surface area contributed by atoms with Crippen LogP contribution >= 0.6 is 15.9 Å². The summed E-state index contributed by atoms with van der Waals surface area (Å²) in [5.41, 5.74) is 2.05. The zero-order chi connectivity index (χ0) is 13.0. The standard InChI is InChI=1S/C12H15BrN4O/c1-9-3-4-14-12(11(9)13)16-10-7-15-17(8-10)5-6-18-2/h3-4,7-8H,5-6H2,1-2H3,(H,14,16). The van der Waals surface area contributed by atoms with Gasteiger partial charge in [-0.25, -0.2) is 4.98 Å². The van der Waals surface area contributed by atoms with E-state index in [0.29, 0.717) is 6.61 Å². The van der Waals surface area contributed by atoms with Gasteiger partial charge in [-0.2, -0.15) is 5.10 Å². The highest BCUT2D eigenvalue weighted by molar-refractivity contribution is 9.10.